The van der Waals surface area contributed by atoms with Gasteiger partial charge in [-0.05, 0) is 72.1 Å². The molecule has 1 N–H and O–H groups in total. The Labute approximate surface area is 267 Å². The third-order valence-corrected chi connectivity index (χ3v) is 9.31. The van der Waals surface area contributed by atoms with Crippen molar-refractivity contribution in [2.75, 3.05) is 16.8 Å². The van der Waals surface area contributed by atoms with Crippen LogP contribution in [0.15, 0.2) is 121 Å². The molecule has 0 saturated heterocycles. The average molecular weight is 591 g/mol. The first-order chi connectivity index (χ1) is 22.1. The van der Waals surface area contributed by atoms with E-state index in [1.807, 2.05) is 0 Å². The molecule has 0 spiro atoms. The number of unbranched alkanes of at least 4 members (excludes halogenated alkanes) is 4. The molecule has 1 aliphatic heterocycles. The van der Waals surface area contributed by atoms with E-state index >= 15 is 0 Å². The van der Waals surface area contributed by atoms with Gasteiger partial charge in [0.05, 0.1) is 22.4 Å². The standard InChI is InChI=1S/C41H42N4/c1-4-5-6-7-17-28-42-36-29-31(44-37-23-14-11-20-33(37)41(2,3)34-21-12-15-24-38(34)44)26-27-32(36)40-43-35-22-13-16-25-39(35)45(40)30-18-9-8-10-19-30/h8-16,18-27,29,42H,4-7,17,28H2,1-3H3. The smallest absolute Gasteiger partial charge is 0.147 e. The molecule has 4 nitrogen and oxygen atoms in total. The van der Waals surface area contributed by atoms with Gasteiger partial charge in [-0.25, -0.2) is 4.98 Å². The number of aromatic nitrogens is 2. The molecular weight excluding hydrogens is 548 g/mol. The predicted octanol–water partition coefficient (Wildman–Crippen LogP) is 11.2. The van der Waals surface area contributed by atoms with Crippen LogP contribution in [0.4, 0.5) is 22.7 Å². The molecule has 0 bridgehead atoms. The molecule has 0 radical (unpaired) electrons. The fourth-order valence-corrected chi connectivity index (χ4v) is 6.96. The molecule has 4 heteroatoms. The van der Waals surface area contributed by atoms with Gasteiger partial charge < -0.3 is 10.2 Å². The largest absolute Gasteiger partial charge is 0.384 e. The van der Waals surface area contributed by atoms with Crippen molar-refractivity contribution in [3.8, 4) is 17.1 Å². The van der Waals surface area contributed by atoms with Gasteiger partial charge >= 0.3 is 0 Å². The Morgan fingerprint density at radius 3 is 2.02 bits per heavy atom. The SMILES string of the molecule is CCCCCCCNc1cc(N2c3ccccc3C(C)(C)c3ccccc32)ccc1-c1nc2ccccc2n1-c1ccccc1. The highest BCUT2D eigenvalue weighted by Crippen LogP contribution is 2.52. The van der Waals surface area contributed by atoms with Crippen LogP contribution < -0.4 is 10.2 Å². The molecule has 5 aromatic carbocycles. The van der Waals surface area contributed by atoms with E-state index in [2.05, 4.69) is 157 Å². The van der Waals surface area contributed by atoms with Crippen LogP contribution in [0.1, 0.15) is 64.0 Å². The maximum Gasteiger partial charge on any atom is 0.147 e. The van der Waals surface area contributed by atoms with E-state index in [0.29, 0.717) is 0 Å². The number of rotatable bonds is 10. The van der Waals surface area contributed by atoms with Gasteiger partial charge in [0.15, 0.2) is 0 Å². The van der Waals surface area contributed by atoms with Gasteiger partial charge in [0.2, 0.25) is 0 Å². The van der Waals surface area contributed by atoms with Crippen LogP contribution in [0, 0.1) is 0 Å². The number of para-hydroxylation sites is 5. The first kappa shape index (κ1) is 28.9. The van der Waals surface area contributed by atoms with Gasteiger partial charge in [0, 0.05) is 34.6 Å². The maximum atomic E-state index is 5.23. The van der Waals surface area contributed by atoms with Crippen molar-refractivity contribution in [3.05, 3.63) is 132 Å². The lowest BCUT2D eigenvalue weighted by Gasteiger charge is -2.42. The summed E-state index contributed by atoms with van der Waals surface area (Å²) in [4.78, 5) is 7.67. The second kappa shape index (κ2) is 12.3. The predicted molar refractivity (Wildman–Crippen MR) is 191 cm³/mol. The highest BCUT2D eigenvalue weighted by atomic mass is 15.2. The van der Waals surface area contributed by atoms with E-state index in [0.717, 1.165) is 52.4 Å². The minimum Gasteiger partial charge on any atom is -0.384 e. The van der Waals surface area contributed by atoms with Crippen LogP contribution in [0.25, 0.3) is 28.1 Å². The van der Waals surface area contributed by atoms with E-state index in [4.69, 9.17) is 4.98 Å². The normalized spacial score (nSPS) is 13.4. The minimum atomic E-state index is -0.0935. The molecule has 0 saturated carbocycles. The molecule has 1 aliphatic rings. The van der Waals surface area contributed by atoms with Crippen molar-refractivity contribution >= 4 is 33.8 Å². The van der Waals surface area contributed by atoms with Crippen molar-refractivity contribution in [1.82, 2.24) is 9.55 Å². The molecule has 0 unspecified atom stereocenters. The Morgan fingerprint density at radius 2 is 1.29 bits per heavy atom. The Bertz CT molecular complexity index is 1890. The Balaban J connectivity index is 1.38. The van der Waals surface area contributed by atoms with Crippen molar-refractivity contribution < 1.29 is 0 Å². The summed E-state index contributed by atoms with van der Waals surface area (Å²) in [5, 5.41) is 3.88. The molecule has 45 heavy (non-hydrogen) atoms. The summed E-state index contributed by atoms with van der Waals surface area (Å²) < 4.78 is 2.30. The number of benzene rings is 5. The van der Waals surface area contributed by atoms with Crippen LogP contribution in [-0.4, -0.2) is 16.1 Å². The zero-order valence-electron chi connectivity index (χ0n) is 26.6. The Kier molecular flexibility index (Phi) is 7.89. The summed E-state index contributed by atoms with van der Waals surface area (Å²) in [5.41, 5.74) is 11.6. The van der Waals surface area contributed by atoms with Crippen LogP contribution >= 0.6 is 0 Å². The Hall–Kier alpha value is -4.83. The lowest BCUT2D eigenvalue weighted by molar-refractivity contribution is 0.632. The number of nitrogens with zero attached hydrogens (tertiary/aromatic N) is 3. The molecule has 0 atom stereocenters. The summed E-state index contributed by atoms with van der Waals surface area (Å²) in [7, 11) is 0. The number of hydrogen-bond donors (Lipinski definition) is 1. The molecule has 226 valence electrons. The number of nitrogens with one attached hydrogen (secondary N) is 1. The minimum absolute atomic E-state index is 0.0935. The average Bonchev–Trinajstić information content (AvgIpc) is 3.46. The maximum absolute atomic E-state index is 5.23. The monoisotopic (exact) mass is 590 g/mol. The number of hydrogen-bond acceptors (Lipinski definition) is 3. The molecular formula is C41H42N4. The molecule has 0 amide bonds. The molecule has 0 aliphatic carbocycles. The van der Waals surface area contributed by atoms with Crippen LogP contribution in [-0.2, 0) is 5.41 Å². The first-order valence-electron chi connectivity index (χ1n) is 16.5. The number of fused-ring (bicyclic) bond motifs is 3. The van der Waals surface area contributed by atoms with Crippen molar-refractivity contribution in [1.29, 1.82) is 0 Å². The number of anilines is 4. The second-order valence-corrected chi connectivity index (χ2v) is 12.7. The number of imidazole rings is 1. The van der Waals surface area contributed by atoms with Crippen LogP contribution in [0.3, 0.4) is 0 Å². The summed E-state index contributed by atoms with van der Waals surface area (Å²) in [6.07, 6.45) is 6.21. The van der Waals surface area contributed by atoms with Gasteiger partial charge in [-0.1, -0.05) is 113 Å². The fourth-order valence-electron chi connectivity index (χ4n) is 6.96. The summed E-state index contributed by atoms with van der Waals surface area (Å²) in [5.74, 6) is 0.947. The lowest BCUT2D eigenvalue weighted by Crippen LogP contribution is -2.30. The van der Waals surface area contributed by atoms with Crippen LogP contribution in [0.2, 0.25) is 0 Å². The third kappa shape index (κ3) is 5.29. The van der Waals surface area contributed by atoms with Gasteiger partial charge in [-0.3, -0.25) is 4.57 Å². The highest BCUT2D eigenvalue weighted by molar-refractivity contribution is 5.91. The van der Waals surface area contributed by atoms with E-state index in [-0.39, 0.29) is 5.41 Å². The van der Waals surface area contributed by atoms with Gasteiger partial charge in [0.25, 0.3) is 0 Å². The van der Waals surface area contributed by atoms with E-state index in [9.17, 15) is 0 Å². The topological polar surface area (TPSA) is 33.1 Å². The van der Waals surface area contributed by atoms with E-state index in [1.165, 1.54) is 48.2 Å². The van der Waals surface area contributed by atoms with Gasteiger partial charge in [-0.2, -0.15) is 0 Å². The fraction of sp³-hybridized carbons (Fsp3) is 0.244. The van der Waals surface area contributed by atoms with Crippen molar-refractivity contribution in [2.45, 2.75) is 58.3 Å². The van der Waals surface area contributed by atoms with E-state index in [1.54, 1.807) is 0 Å². The second-order valence-electron chi connectivity index (χ2n) is 12.7. The molecule has 0 fully saturated rings. The molecule has 1 aromatic heterocycles. The quantitative estimate of drug-likeness (QED) is 0.161. The summed E-state index contributed by atoms with van der Waals surface area (Å²) in [6.45, 7) is 7.87. The molecule has 7 rings (SSSR count). The van der Waals surface area contributed by atoms with Crippen LogP contribution in [0.5, 0.6) is 0 Å². The van der Waals surface area contributed by atoms with Crippen molar-refractivity contribution in [3.63, 3.8) is 0 Å². The van der Waals surface area contributed by atoms with Crippen molar-refractivity contribution in [2.24, 2.45) is 0 Å². The Morgan fingerprint density at radius 1 is 0.644 bits per heavy atom. The zero-order valence-corrected chi connectivity index (χ0v) is 26.6. The first-order valence-corrected chi connectivity index (χ1v) is 16.5. The zero-order chi connectivity index (χ0) is 30.8. The molecule has 6 aromatic rings. The summed E-state index contributed by atoms with van der Waals surface area (Å²) in [6, 6.07) is 43.6. The van der Waals surface area contributed by atoms with Gasteiger partial charge in [-0.15, -0.1) is 0 Å². The highest BCUT2D eigenvalue weighted by Gasteiger charge is 2.36. The molecule has 2 heterocycles. The summed E-state index contributed by atoms with van der Waals surface area (Å²) >= 11 is 0. The van der Waals surface area contributed by atoms with Gasteiger partial charge in [0.1, 0.15) is 5.82 Å². The lowest BCUT2D eigenvalue weighted by atomic mass is 9.73. The van der Waals surface area contributed by atoms with E-state index < -0.39 is 0 Å². The third-order valence-electron chi connectivity index (χ3n) is 9.31.